The summed E-state index contributed by atoms with van der Waals surface area (Å²) in [4.78, 5) is 12.5. The van der Waals surface area contributed by atoms with E-state index in [1.165, 1.54) is 0 Å². The van der Waals surface area contributed by atoms with Crippen LogP contribution in [0.2, 0.25) is 15.1 Å². The highest BCUT2D eigenvalue weighted by molar-refractivity contribution is 6.42. The summed E-state index contributed by atoms with van der Waals surface area (Å²) in [6.07, 6.45) is 0. The van der Waals surface area contributed by atoms with Gasteiger partial charge in [-0.2, -0.15) is 0 Å². The lowest BCUT2D eigenvalue weighted by atomic mass is 9.99. The van der Waals surface area contributed by atoms with Crippen molar-refractivity contribution in [3.8, 4) is 0 Å². The molecule has 0 saturated carbocycles. The van der Waals surface area contributed by atoms with E-state index in [9.17, 15) is 4.79 Å². The second kappa shape index (κ2) is 6.27. The Morgan fingerprint density at radius 2 is 1.38 bits per heavy atom. The quantitative estimate of drug-likeness (QED) is 0.731. The van der Waals surface area contributed by atoms with Crippen molar-refractivity contribution in [3.05, 3.63) is 61.6 Å². The molecule has 0 unspecified atom stereocenters. The Hall–Kier alpha value is -1.22. The minimum atomic E-state index is -0.240. The lowest BCUT2D eigenvalue weighted by Gasteiger charge is -2.14. The van der Waals surface area contributed by atoms with Crippen molar-refractivity contribution in [1.29, 1.82) is 0 Å². The van der Waals surface area contributed by atoms with E-state index in [4.69, 9.17) is 34.8 Å². The van der Waals surface area contributed by atoms with Gasteiger partial charge in [-0.1, -0.05) is 52.5 Å². The van der Waals surface area contributed by atoms with E-state index in [1.807, 2.05) is 32.9 Å². The van der Waals surface area contributed by atoms with Crippen molar-refractivity contribution >= 4 is 46.4 Å². The summed E-state index contributed by atoms with van der Waals surface area (Å²) in [5, 5.41) is 3.80. The van der Waals surface area contributed by atoms with Gasteiger partial charge in [0, 0.05) is 10.6 Å². The van der Waals surface area contributed by atoms with E-state index in [0.29, 0.717) is 26.3 Å². The number of hydrogen-bond donors (Lipinski definition) is 1. The van der Waals surface area contributed by atoms with E-state index in [-0.39, 0.29) is 5.91 Å². The molecule has 0 saturated heterocycles. The van der Waals surface area contributed by atoms with Crippen molar-refractivity contribution in [3.63, 3.8) is 0 Å². The zero-order valence-corrected chi connectivity index (χ0v) is 14.1. The van der Waals surface area contributed by atoms with Gasteiger partial charge in [0.05, 0.1) is 15.7 Å². The second-order valence-electron chi connectivity index (χ2n) is 4.97. The van der Waals surface area contributed by atoms with E-state index in [0.717, 1.165) is 16.7 Å². The third kappa shape index (κ3) is 3.52. The first-order valence-corrected chi connectivity index (χ1v) is 7.46. The molecule has 110 valence electrons. The fraction of sp³-hybridized carbons (Fsp3) is 0.188. The number of benzene rings is 2. The van der Waals surface area contributed by atoms with Crippen LogP contribution in [0.25, 0.3) is 0 Å². The van der Waals surface area contributed by atoms with Crippen LogP contribution in [0.5, 0.6) is 0 Å². The van der Waals surface area contributed by atoms with Crippen LogP contribution >= 0.6 is 34.8 Å². The molecule has 0 bridgehead atoms. The van der Waals surface area contributed by atoms with Crippen LogP contribution < -0.4 is 5.32 Å². The smallest absolute Gasteiger partial charge is 0.256 e. The molecule has 21 heavy (non-hydrogen) atoms. The van der Waals surface area contributed by atoms with Gasteiger partial charge in [0.1, 0.15) is 0 Å². The van der Waals surface area contributed by atoms with Crippen LogP contribution in [-0.2, 0) is 0 Å². The van der Waals surface area contributed by atoms with Gasteiger partial charge in [0.2, 0.25) is 0 Å². The summed E-state index contributed by atoms with van der Waals surface area (Å²) in [5.74, 6) is -0.240. The summed E-state index contributed by atoms with van der Waals surface area (Å²) in [7, 11) is 0. The number of rotatable bonds is 2. The molecule has 0 aliphatic carbocycles. The third-order valence-electron chi connectivity index (χ3n) is 3.15. The van der Waals surface area contributed by atoms with E-state index in [2.05, 4.69) is 5.32 Å². The maximum atomic E-state index is 12.5. The molecule has 1 N–H and O–H groups in total. The molecule has 0 heterocycles. The molecule has 0 fully saturated rings. The zero-order chi connectivity index (χ0) is 15.7. The van der Waals surface area contributed by atoms with Crippen molar-refractivity contribution in [2.24, 2.45) is 0 Å². The molecule has 0 aliphatic heterocycles. The van der Waals surface area contributed by atoms with Crippen LogP contribution in [0.1, 0.15) is 27.0 Å². The van der Waals surface area contributed by atoms with E-state index in [1.54, 1.807) is 12.1 Å². The first kappa shape index (κ1) is 16.2. The maximum absolute atomic E-state index is 12.5. The molecular weight excluding hydrogens is 329 g/mol. The fourth-order valence-electron chi connectivity index (χ4n) is 2.38. The number of aryl methyl sites for hydroxylation is 3. The first-order chi connectivity index (χ1) is 9.79. The van der Waals surface area contributed by atoms with E-state index < -0.39 is 0 Å². The Morgan fingerprint density at radius 3 is 1.86 bits per heavy atom. The van der Waals surface area contributed by atoms with Gasteiger partial charge in [0.15, 0.2) is 0 Å². The first-order valence-electron chi connectivity index (χ1n) is 6.33. The van der Waals surface area contributed by atoms with Crippen LogP contribution in [0.4, 0.5) is 5.69 Å². The fourth-order valence-corrected chi connectivity index (χ4v) is 3.29. The Labute approximate surface area is 139 Å². The van der Waals surface area contributed by atoms with Gasteiger partial charge in [-0.3, -0.25) is 4.79 Å². The highest BCUT2D eigenvalue weighted by Gasteiger charge is 2.16. The molecule has 2 nitrogen and oxygen atoms in total. The summed E-state index contributed by atoms with van der Waals surface area (Å²) in [6.45, 7) is 5.80. The standard InChI is InChI=1S/C16H14Cl3NO/c1-8-4-9(2)14(10(3)5-8)16(21)20-15-12(18)6-11(17)7-13(15)19/h4-7H,1-3H3,(H,20,21). The summed E-state index contributed by atoms with van der Waals surface area (Å²) >= 11 is 18.0. The molecule has 2 aromatic carbocycles. The largest absolute Gasteiger partial charge is 0.319 e. The van der Waals surface area contributed by atoms with Crippen LogP contribution in [0.3, 0.4) is 0 Å². The third-order valence-corrected chi connectivity index (χ3v) is 3.96. The van der Waals surface area contributed by atoms with Crippen molar-refractivity contribution in [2.45, 2.75) is 20.8 Å². The van der Waals surface area contributed by atoms with Gasteiger partial charge in [-0.15, -0.1) is 0 Å². The van der Waals surface area contributed by atoms with Gasteiger partial charge in [-0.25, -0.2) is 0 Å². The lowest BCUT2D eigenvalue weighted by molar-refractivity contribution is 0.102. The predicted octanol–water partition coefficient (Wildman–Crippen LogP) is 5.82. The van der Waals surface area contributed by atoms with Gasteiger partial charge < -0.3 is 5.32 Å². The predicted molar refractivity (Wildman–Crippen MR) is 90.1 cm³/mol. The maximum Gasteiger partial charge on any atom is 0.256 e. The Bertz CT molecular complexity index is 679. The number of amides is 1. The molecule has 0 spiro atoms. The van der Waals surface area contributed by atoms with Gasteiger partial charge >= 0.3 is 0 Å². The van der Waals surface area contributed by atoms with Crippen molar-refractivity contribution < 1.29 is 4.79 Å². The number of nitrogens with one attached hydrogen (secondary N) is 1. The lowest BCUT2D eigenvalue weighted by Crippen LogP contribution is -2.16. The van der Waals surface area contributed by atoms with Gasteiger partial charge in [0.25, 0.3) is 5.91 Å². The number of anilines is 1. The number of carbonyl (C=O) groups excluding carboxylic acids is 1. The minimum Gasteiger partial charge on any atom is -0.319 e. The Morgan fingerprint density at radius 1 is 0.905 bits per heavy atom. The molecule has 2 rings (SSSR count). The van der Waals surface area contributed by atoms with Crippen LogP contribution in [0.15, 0.2) is 24.3 Å². The highest BCUT2D eigenvalue weighted by Crippen LogP contribution is 2.34. The Kier molecular flexibility index (Phi) is 4.82. The van der Waals surface area contributed by atoms with Crippen LogP contribution in [0, 0.1) is 20.8 Å². The Balaban J connectivity index is 2.40. The average molecular weight is 343 g/mol. The summed E-state index contributed by atoms with van der Waals surface area (Å²) in [5.41, 5.74) is 3.93. The van der Waals surface area contributed by atoms with Crippen LogP contribution in [-0.4, -0.2) is 5.91 Å². The zero-order valence-electron chi connectivity index (χ0n) is 11.9. The molecule has 0 atom stereocenters. The SMILES string of the molecule is Cc1cc(C)c(C(=O)Nc2c(Cl)cc(Cl)cc2Cl)c(C)c1. The van der Waals surface area contributed by atoms with E-state index >= 15 is 0 Å². The average Bonchev–Trinajstić information content (AvgIpc) is 2.32. The normalized spacial score (nSPS) is 10.6. The molecular formula is C16H14Cl3NO. The molecule has 5 heteroatoms. The van der Waals surface area contributed by atoms with Crippen molar-refractivity contribution in [2.75, 3.05) is 5.32 Å². The molecule has 0 radical (unpaired) electrons. The molecule has 2 aromatic rings. The summed E-state index contributed by atoms with van der Waals surface area (Å²) < 4.78 is 0. The van der Waals surface area contributed by atoms with Gasteiger partial charge in [-0.05, 0) is 44.0 Å². The second-order valence-corrected chi connectivity index (χ2v) is 6.22. The number of carbonyl (C=O) groups is 1. The summed E-state index contributed by atoms with van der Waals surface area (Å²) in [6, 6.07) is 7.01. The molecule has 1 amide bonds. The monoisotopic (exact) mass is 341 g/mol. The van der Waals surface area contributed by atoms with Crippen molar-refractivity contribution in [1.82, 2.24) is 0 Å². The highest BCUT2D eigenvalue weighted by atomic mass is 35.5. The minimum absolute atomic E-state index is 0.240. The molecule has 0 aliphatic rings. The number of hydrogen-bond acceptors (Lipinski definition) is 1. The number of halogens is 3. The molecule has 0 aromatic heterocycles. The topological polar surface area (TPSA) is 29.1 Å².